The number of nitrogens with zero attached hydrogens (tertiary/aromatic N) is 1. The number of anilines is 1. The summed E-state index contributed by atoms with van der Waals surface area (Å²) >= 11 is 6.17. The van der Waals surface area contributed by atoms with E-state index in [4.69, 9.17) is 21.1 Å². The van der Waals surface area contributed by atoms with Gasteiger partial charge in [-0.25, -0.2) is 0 Å². The second kappa shape index (κ2) is 8.59. The van der Waals surface area contributed by atoms with Gasteiger partial charge in [0, 0.05) is 50.6 Å². The number of methoxy groups -OCH3 is 2. The van der Waals surface area contributed by atoms with E-state index in [1.165, 1.54) is 24.1 Å². The quantitative estimate of drug-likeness (QED) is 0.674. The SMILES string of the molecule is COCCNCc1cc(Cl)ccc1N(CCOC)C1CC1. The van der Waals surface area contributed by atoms with E-state index in [9.17, 15) is 0 Å². The average molecular weight is 313 g/mol. The molecule has 0 heterocycles. The largest absolute Gasteiger partial charge is 0.383 e. The maximum Gasteiger partial charge on any atom is 0.0637 e. The molecule has 4 nitrogen and oxygen atoms in total. The average Bonchev–Trinajstić information content (AvgIpc) is 3.30. The molecule has 0 atom stereocenters. The highest BCUT2D eigenvalue weighted by Gasteiger charge is 2.30. The highest BCUT2D eigenvalue weighted by atomic mass is 35.5. The molecule has 2 rings (SSSR count). The zero-order chi connectivity index (χ0) is 15.1. The third-order valence-corrected chi connectivity index (χ3v) is 3.91. The van der Waals surface area contributed by atoms with Crippen molar-refractivity contribution in [3.63, 3.8) is 0 Å². The summed E-state index contributed by atoms with van der Waals surface area (Å²) < 4.78 is 10.3. The molecule has 0 aromatic heterocycles. The minimum absolute atomic E-state index is 0.652. The van der Waals surface area contributed by atoms with Gasteiger partial charge in [0.25, 0.3) is 0 Å². The van der Waals surface area contributed by atoms with E-state index in [1.807, 2.05) is 6.07 Å². The lowest BCUT2D eigenvalue weighted by Crippen LogP contribution is -2.31. The second-order valence-electron chi connectivity index (χ2n) is 5.36. The summed E-state index contributed by atoms with van der Waals surface area (Å²) in [6.07, 6.45) is 2.53. The van der Waals surface area contributed by atoms with Crippen LogP contribution in [-0.2, 0) is 16.0 Å². The summed E-state index contributed by atoms with van der Waals surface area (Å²) in [5, 5.41) is 4.18. The highest BCUT2D eigenvalue weighted by Crippen LogP contribution is 2.34. The van der Waals surface area contributed by atoms with Crippen LogP contribution in [0.2, 0.25) is 5.02 Å². The Labute approximate surface area is 132 Å². The first-order chi connectivity index (χ1) is 10.3. The Morgan fingerprint density at radius 2 is 2.00 bits per heavy atom. The molecular formula is C16H25ClN2O2. The fraction of sp³-hybridized carbons (Fsp3) is 0.625. The van der Waals surface area contributed by atoms with Crippen LogP contribution in [0.25, 0.3) is 0 Å². The van der Waals surface area contributed by atoms with Crippen LogP contribution < -0.4 is 10.2 Å². The third kappa shape index (κ3) is 5.15. The number of hydrogen-bond donors (Lipinski definition) is 1. The molecular weight excluding hydrogens is 288 g/mol. The van der Waals surface area contributed by atoms with Gasteiger partial charge in [-0.1, -0.05) is 11.6 Å². The first-order valence-corrected chi connectivity index (χ1v) is 7.87. The Morgan fingerprint density at radius 1 is 1.24 bits per heavy atom. The number of hydrogen-bond acceptors (Lipinski definition) is 4. The van der Waals surface area contributed by atoms with Crippen LogP contribution in [0.4, 0.5) is 5.69 Å². The molecule has 0 amide bonds. The number of halogens is 1. The van der Waals surface area contributed by atoms with Crippen molar-refractivity contribution in [1.82, 2.24) is 5.32 Å². The zero-order valence-corrected chi connectivity index (χ0v) is 13.7. The van der Waals surface area contributed by atoms with Crippen LogP contribution in [0.1, 0.15) is 18.4 Å². The van der Waals surface area contributed by atoms with Crippen LogP contribution in [-0.4, -0.2) is 46.6 Å². The van der Waals surface area contributed by atoms with E-state index in [2.05, 4.69) is 22.3 Å². The van der Waals surface area contributed by atoms with E-state index in [0.29, 0.717) is 12.6 Å². The third-order valence-electron chi connectivity index (χ3n) is 3.67. The first kappa shape index (κ1) is 16.6. The van der Waals surface area contributed by atoms with E-state index < -0.39 is 0 Å². The molecule has 0 bridgehead atoms. The maximum absolute atomic E-state index is 6.17. The normalized spacial score (nSPS) is 14.4. The fourth-order valence-electron chi connectivity index (χ4n) is 2.45. The Hall–Kier alpha value is -0.810. The molecule has 1 fully saturated rings. The van der Waals surface area contributed by atoms with Gasteiger partial charge in [0.2, 0.25) is 0 Å². The second-order valence-corrected chi connectivity index (χ2v) is 5.80. The van der Waals surface area contributed by atoms with Crippen molar-refractivity contribution >= 4 is 17.3 Å². The molecule has 1 aromatic rings. The van der Waals surface area contributed by atoms with E-state index in [-0.39, 0.29) is 0 Å². The zero-order valence-electron chi connectivity index (χ0n) is 12.9. The van der Waals surface area contributed by atoms with Crippen molar-refractivity contribution in [1.29, 1.82) is 0 Å². The number of rotatable bonds is 10. The molecule has 0 spiro atoms. The number of benzene rings is 1. The summed E-state index contributed by atoms with van der Waals surface area (Å²) in [6.45, 7) is 4.02. The predicted octanol–water partition coefficient (Wildman–Crippen LogP) is 2.69. The van der Waals surface area contributed by atoms with Crippen molar-refractivity contribution in [3.8, 4) is 0 Å². The van der Waals surface area contributed by atoms with Crippen molar-refractivity contribution in [2.45, 2.75) is 25.4 Å². The van der Waals surface area contributed by atoms with E-state index >= 15 is 0 Å². The molecule has 0 unspecified atom stereocenters. The molecule has 21 heavy (non-hydrogen) atoms. The molecule has 1 aliphatic carbocycles. The predicted molar refractivity (Wildman–Crippen MR) is 87.3 cm³/mol. The smallest absolute Gasteiger partial charge is 0.0637 e. The van der Waals surface area contributed by atoms with Gasteiger partial charge < -0.3 is 19.7 Å². The van der Waals surface area contributed by atoms with Gasteiger partial charge in [0.15, 0.2) is 0 Å². The molecule has 5 heteroatoms. The monoisotopic (exact) mass is 312 g/mol. The van der Waals surface area contributed by atoms with Crippen molar-refractivity contribution in [2.24, 2.45) is 0 Å². The summed E-state index contributed by atoms with van der Waals surface area (Å²) in [6, 6.07) is 6.80. The molecule has 118 valence electrons. The van der Waals surface area contributed by atoms with Crippen molar-refractivity contribution in [3.05, 3.63) is 28.8 Å². The van der Waals surface area contributed by atoms with Gasteiger partial charge in [-0.15, -0.1) is 0 Å². The highest BCUT2D eigenvalue weighted by molar-refractivity contribution is 6.30. The van der Waals surface area contributed by atoms with Gasteiger partial charge >= 0.3 is 0 Å². The van der Waals surface area contributed by atoms with Gasteiger partial charge in [-0.2, -0.15) is 0 Å². The standard InChI is InChI=1S/C16H25ClN2O2/c1-20-9-7-18-12-13-11-14(17)3-6-16(13)19(8-10-21-2)15-4-5-15/h3,6,11,15,18H,4-5,7-10,12H2,1-2H3. The van der Waals surface area contributed by atoms with E-state index in [0.717, 1.165) is 31.3 Å². The van der Waals surface area contributed by atoms with Crippen molar-refractivity contribution < 1.29 is 9.47 Å². The Balaban J connectivity index is 2.08. The Morgan fingerprint density at radius 3 is 2.67 bits per heavy atom. The maximum atomic E-state index is 6.17. The van der Waals surface area contributed by atoms with Gasteiger partial charge in [0.1, 0.15) is 0 Å². The summed E-state index contributed by atoms with van der Waals surface area (Å²) in [5.41, 5.74) is 2.51. The van der Waals surface area contributed by atoms with Crippen LogP contribution in [0, 0.1) is 0 Å². The molecule has 1 N–H and O–H groups in total. The van der Waals surface area contributed by atoms with Gasteiger partial charge in [-0.05, 0) is 36.6 Å². The van der Waals surface area contributed by atoms with Crippen molar-refractivity contribution in [2.75, 3.05) is 45.4 Å². The van der Waals surface area contributed by atoms with Gasteiger partial charge in [0.05, 0.1) is 13.2 Å². The summed E-state index contributed by atoms with van der Waals surface area (Å²) in [7, 11) is 3.46. The van der Waals surface area contributed by atoms with Crippen LogP contribution >= 0.6 is 11.6 Å². The summed E-state index contributed by atoms with van der Waals surface area (Å²) in [5.74, 6) is 0. The fourth-order valence-corrected chi connectivity index (χ4v) is 2.64. The minimum Gasteiger partial charge on any atom is -0.383 e. The molecule has 1 aromatic carbocycles. The number of nitrogens with one attached hydrogen (secondary N) is 1. The van der Waals surface area contributed by atoms with Crippen LogP contribution in [0.5, 0.6) is 0 Å². The topological polar surface area (TPSA) is 33.7 Å². The minimum atomic E-state index is 0.652. The Kier molecular flexibility index (Phi) is 6.77. The Bertz CT molecular complexity index is 438. The van der Waals surface area contributed by atoms with Crippen LogP contribution in [0.3, 0.4) is 0 Å². The molecule has 1 saturated carbocycles. The number of ether oxygens (including phenoxy) is 2. The van der Waals surface area contributed by atoms with Gasteiger partial charge in [-0.3, -0.25) is 0 Å². The van der Waals surface area contributed by atoms with Crippen LogP contribution in [0.15, 0.2) is 18.2 Å². The lowest BCUT2D eigenvalue weighted by Gasteiger charge is -2.27. The molecule has 0 saturated heterocycles. The molecule has 0 radical (unpaired) electrons. The first-order valence-electron chi connectivity index (χ1n) is 7.50. The van der Waals surface area contributed by atoms with E-state index in [1.54, 1.807) is 14.2 Å². The molecule has 1 aliphatic rings. The lowest BCUT2D eigenvalue weighted by atomic mass is 10.1. The molecule has 0 aliphatic heterocycles. The lowest BCUT2D eigenvalue weighted by molar-refractivity contribution is 0.199. The summed E-state index contributed by atoms with van der Waals surface area (Å²) in [4.78, 5) is 2.45.